The van der Waals surface area contributed by atoms with Gasteiger partial charge in [0.15, 0.2) is 0 Å². The highest BCUT2D eigenvalue weighted by molar-refractivity contribution is 5.92. The lowest BCUT2D eigenvalue weighted by atomic mass is 10.2. The summed E-state index contributed by atoms with van der Waals surface area (Å²) in [4.78, 5) is 22.4. The Labute approximate surface area is 124 Å². The van der Waals surface area contributed by atoms with Crippen LogP contribution in [0, 0.1) is 0 Å². The Morgan fingerprint density at radius 3 is 2.86 bits per heavy atom. The zero-order chi connectivity index (χ0) is 15.2. The molecule has 0 aliphatic carbocycles. The van der Waals surface area contributed by atoms with Crippen molar-refractivity contribution in [1.29, 1.82) is 0 Å². The molecular weight excluding hydrogens is 266 g/mol. The van der Waals surface area contributed by atoms with E-state index < -0.39 is 0 Å². The number of nitrogens with one attached hydrogen (secondary N) is 1. The minimum Gasteiger partial charge on any atom is -0.385 e. The highest BCUT2D eigenvalue weighted by Gasteiger charge is 2.15. The second-order valence-electron chi connectivity index (χ2n) is 4.97. The van der Waals surface area contributed by atoms with Crippen molar-refractivity contribution in [2.24, 2.45) is 7.05 Å². The van der Waals surface area contributed by atoms with E-state index in [9.17, 15) is 4.79 Å². The topological polar surface area (TPSA) is 63.1 Å². The fourth-order valence-electron chi connectivity index (χ4n) is 1.96. The fraction of sp³-hybridized carbons (Fsp3) is 0.400. The highest BCUT2D eigenvalue weighted by atomic mass is 16.2. The van der Waals surface area contributed by atoms with Gasteiger partial charge in [0.25, 0.3) is 5.91 Å². The van der Waals surface area contributed by atoms with E-state index in [2.05, 4.69) is 22.2 Å². The zero-order valence-corrected chi connectivity index (χ0v) is 12.7. The maximum atomic E-state index is 12.4. The smallest absolute Gasteiger partial charge is 0.272 e. The molecule has 1 N–H and O–H groups in total. The molecule has 6 nitrogen and oxygen atoms in total. The van der Waals surface area contributed by atoms with Gasteiger partial charge in [-0.2, -0.15) is 0 Å². The molecule has 0 saturated heterocycles. The van der Waals surface area contributed by atoms with Crippen molar-refractivity contribution in [1.82, 2.24) is 19.4 Å². The van der Waals surface area contributed by atoms with Crippen molar-refractivity contribution in [3.8, 4) is 0 Å². The molecule has 0 bridgehead atoms. The average Bonchev–Trinajstić information content (AvgIpc) is 2.90. The van der Waals surface area contributed by atoms with E-state index in [-0.39, 0.29) is 5.91 Å². The van der Waals surface area contributed by atoms with Gasteiger partial charge in [0, 0.05) is 44.9 Å². The van der Waals surface area contributed by atoms with E-state index in [0.717, 1.165) is 24.5 Å². The molecule has 2 rings (SSSR count). The molecule has 1 amide bonds. The summed E-state index contributed by atoms with van der Waals surface area (Å²) >= 11 is 0. The summed E-state index contributed by atoms with van der Waals surface area (Å²) in [5, 5.41) is 3.26. The number of hydrogen-bond donors (Lipinski definition) is 1. The van der Waals surface area contributed by atoms with Crippen molar-refractivity contribution in [2.75, 3.05) is 18.9 Å². The van der Waals surface area contributed by atoms with Crippen LogP contribution in [-0.4, -0.2) is 38.9 Å². The first-order chi connectivity index (χ1) is 10.1. The minimum absolute atomic E-state index is 0.113. The van der Waals surface area contributed by atoms with Crippen LogP contribution in [-0.2, 0) is 13.6 Å². The second kappa shape index (κ2) is 6.88. The van der Waals surface area contributed by atoms with E-state index >= 15 is 0 Å². The first-order valence-corrected chi connectivity index (χ1v) is 7.03. The maximum absolute atomic E-state index is 12.4. The highest BCUT2D eigenvalue weighted by Crippen LogP contribution is 2.11. The number of pyridine rings is 1. The summed E-state index contributed by atoms with van der Waals surface area (Å²) in [7, 11) is 3.67. The molecule has 2 heterocycles. The number of carbonyl (C=O) groups excluding carboxylic acids is 1. The van der Waals surface area contributed by atoms with E-state index in [1.54, 1.807) is 30.4 Å². The Bertz CT molecular complexity index is 608. The molecule has 0 aliphatic rings. The van der Waals surface area contributed by atoms with E-state index in [4.69, 9.17) is 0 Å². The van der Waals surface area contributed by atoms with Crippen LogP contribution >= 0.6 is 0 Å². The fourth-order valence-corrected chi connectivity index (χ4v) is 1.96. The first-order valence-electron chi connectivity index (χ1n) is 7.03. The molecule has 0 radical (unpaired) electrons. The Morgan fingerprint density at radius 2 is 2.19 bits per heavy atom. The second-order valence-corrected chi connectivity index (χ2v) is 4.97. The van der Waals surface area contributed by atoms with Gasteiger partial charge in [0.2, 0.25) is 0 Å². The molecule has 0 aliphatic heterocycles. The molecule has 21 heavy (non-hydrogen) atoms. The number of anilines is 1. The number of rotatable bonds is 6. The number of nitrogens with zero attached hydrogens (tertiary/aromatic N) is 4. The summed E-state index contributed by atoms with van der Waals surface area (Å²) in [5.74, 6) is 0.726. The molecule has 0 aromatic carbocycles. The largest absolute Gasteiger partial charge is 0.385 e. The molecule has 6 heteroatoms. The van der Waals surface area contributed by atoms with Gasteiger partial charge >= 0.3 is 0 Å². The third-order valence-electron chi connectivity index (χ3n) is 3.20. The quantitative estimate of drug-likeness (QED) is 0.881. The third-order valence-corrected chi connectivity index (χ3v) is 3.20. The van der Waals surface area contributed by atoms with Gasteiger partial charge in [-0.05, 0) is 18.6 Å². The predicted octanol–water partition coefficient (Wildman–Crippen LogP) is 1.91. The molecular formula is C15H21N5O. The molecule has 0 atom stereocenters. The van der Waals surface area contributed by atoms with Crippen LogP contribution in [0.25, 0.3) is 0 Å². The maximum Gasteiger partial charge on any atom is 0.272 e. The van der Waals surface area contributed by atoms with Crippen LogP contribution in [0.3, 0.4) is 0 Å². The predicted molar refractivity (Wildman–Crippen MR) is 82.0 cm³/mol. The van der Waals surface area contributed by atoms with Crippen LogP contribution in [0.1, 0.15) is 29.7 Å². The molecule has 0 spiro atoms. The molecule has 0 fully saturated rings. The summed E-state index contributed by atoms with van der Waals surface area (Å²) < 4.78 is 1.90. The lowest BCUT2D eigenvalue weighted by Gasteiger charge is -2.17. The number of carbonyl (C=O) groups is 1. The Balaban J connectivity index is 2.06. The van der Waals surface area contributed by atoms with Gasteiger partial charge in [0.1, 0.15) is 11.5 Å². The molecule has 0 unspecified atom stereocenters. The lowest BCUT2D eigenvalue weighted by Crippen LogP contribution is -2.28. The first kappa shape index (κ1) is 15.0. The summed E-state index contributed by atoms with van der Waals surface area (Å²) in [5.41, 5.74) is 1.36. The Morgan fingerprint density at radius 1 is 1.38 bits per heavy atom. The van der Waals surface area contributed by atoms with Crippen molar-refractivity contribution in [3.05, 3.63) is 42.2 Å². The summed E-state index contributed by atoms with van der Waals surface area (Å²) in [6, 6.07) is 3.65. The van der Waals surface area contributed by atoms with Crippen molar-refractivity contribution >= 4 is 11.6 Å². The van der Waals surface area contributed by atoms with Gasteiger partial charge in [-0.3, -0.25) is 9.78 Å². The molecule has 0 saturated carbocycles. The van der Waals surface area contributed by atoms with Crippen molar-refractivity contribution in [3.63, 3.8) is 0 Å². The van der Waals surface area contributed by atoms with Crippen molar-refractivity contribution < 1.29 is 4.79 Å². The van der Waals surface area contributed by atoms with Crippen LogP contribution < -0.4 is 5.32 Å². The Kier molecular flexibility index (Phi) is 4.92. The normalized spacial score (nSPS) is 10.4. The van der Waals surface area contributed by atoms with Crippen LogP contribution in [0.2, 0.25) is 0 Å². The monoisotopic (exact) mass is 287 g/mol. The van der Waals surface area contributed by atoms with Gasteiger partial charge < -0.3 is 14.8 Å². The van der Waals surface area contributed by atoms with Crippen LogP contribution in [0.4, 0.5) is 5.69 Å². The van der Waals surface area contributed by atoms with Gasteiger partial charge in [0.05, 0.1) is 6.54 Å². The number of imidazole rings is 1. The van der Waals surface area contributed by atoms with Gasteiger partial charge in [-0.1, -0.05) is 6.92 Å². The van der Waals surface area contributed by atoms with Gasteiger partial charge in [-0.25, -0.2) is 4.98 Å². The van der Waals surface area contributed by atoms with Crippen LogP contribution in [0.15, 0.2) is 30.7 Å². The third kappa shape index (κ3) is 3.81. The Hall–Kier alpha value is -2.37. The molecule has 112 valence electrons. The summed E-state index contributed by atoms with van der Waals surface area (Å²) in [6.07, 6.45) is 6.27. The standard InChI is InChI=1S/C15H21N5O/c1-4-6-16-12-5-7-17-13(10-12)15(21)20(3)11-14-18-8-9-19(14)2/h5,7-10H,4,6,11H2,1-3H3,(H,16,17). The van der Waals surface area contributed by atoms with E-state index in [1.165, 1.54) is 0 Å². The number of aryl methyl sites for hydroxylation is 1. The number of aromatic nitrogens is 3. The van der Waals surface area contributed by atoms with E-state index in [1.807, 2.05) is 23.9 Å². The molecule has 2 aromatic heterocycles. The van der Waals surface area contributed by atoms with Gasteiger partial charge in [-0.15, -0.1) is 0 Å². The molecule has 2 aromatic rings. The number of hydrogen-bond acceptors (Lipinski definition) is 4. The number of amides is 1. The summed E-state index contributed by atoms with van der Waals surface area (Å²) in [6.45, 7) is 3.43. The van der Waals surface area contributed by atoms with E-state index in [0.29, 0.717) is 12.2 Å². The van der Waals surface area contributed by atoms with Crippen LogP contribution in [0.5, 0.6) is 0 Å². The lowest BCUT2D eigenvalue weighted by molar-refractivity contribution is 0.0775. The minimum atomic E-state index is -0.113. The SMILES string of the molecule is CCCNc1ccnc(C(=O)N(C)Cc2nccn2C)c1. The average molecular weight is 287 g/mol. The van der Waals surface area contributed by atoms with Crippen molar-refractivity contribution in [2.45, 2.75) is 19.9 Å². The zero-order valence-electron chi connectivity index (χ0n) is 12.7.